The van der Waals surface area contributed by atoms with E-state index in [1.165, 1.54) is 103 Å². The van der Waals surface area contributed by atoms with E-state index in [1.54, 1.807) is 0 Å². The molecule has 283 valence electrons. The van der Waals surface area contributed by atoms with Crippen LogP contribution in [-0.4, -0.2) is 58.4 Å². The zero-order chi connectivity index (χ0) is 33.4. The van der Waals surface area contributed by atoms with Crippen molar-refractivity contribution < 1.29 is 42.7 Å². The molecule has 0 amide bonds. The van der Waals surface area contributed by atoms with Crippen LogP contribution in [0.1, 0.15) is 103 Å². The molecule has 10 N–H and O–H groups in total. The third-order valence-corrected chi connectivity index (χ3v) is 13.8. The van der Waals surface area contributed by atoms with Gasteiger partial charge in [-0.1, -0.05) is 51.4 Å². The Morgan fingerprint density at radius 1 is 0.306 bits per heavy atom. The van der Waals surface area contributed by atoms with Crippen LogP contribution in [0.25, 0.3) is 0 Å². The molecule has 1 radical (unpaired) electrons. The second-order valence-corrected chi connectivity index (χ2v) is 16.9. The fraction of sp³-hybridized carbons (Fsp3) is 1.00. The Hall–Kier alpha value is 0.00649. The first-order chi connectivity index (χ1) is 23.3. The molecule has 0 aromatic carbocycles. The predicted molar refractivity (Wildman–Crippen MR) is 180 cm³/mol. The second kappa shape index (κ2) is 17.4. The van der Waals surface area contributed by atoms with Crippen LogP contribution >= 0.6 is 0 Å². The predicted octanol–water partition coefficient (Wildman–Crippen LogP) is 2.14. The average molecular weight is 774 g/mol. The number of hydrogen-bond donors (Lipinski definition) is 10. The molecule has 4 aliphatic carbocycles. The van der Waals surface area contributed by atoms with Gasteiger partial charge in [0.15, 0.2) is 0 Å². The number of rotatable bonds is 0. The molecule has 5 saturated heterocycles. The molecule has 5 heterocycles. The molecule has 9 fully saturated rings. The van der Waals surface area contributed by atoms with Gasteiger partial charge in [0.2, 0.25) is 0 Å². The van der Waals surface area contributed by atoms with Crippen molar-refractivity contribution in [2.24, 2.45) is 47.3 Å². The molecule has 8 bridgehead atoms. The van der Waals surface area contributed by atoms with Crippen LogP contribution in [0.2, 0.25) is 0 Å². The van der Waals surface area contributed by atoms with Crippen LogP contribution < -0.4 is 42.5 Å². The summed E-state index contributed by atoms with van der Waals surface area (Å²) >= 11 is 0. The largest absolute Gasteiger partial charge is 2.00 e. The summed E-state index contributed by atoms with van der Waals surface area (Å²) in [7, 11) is -5.72. The van der Waals surface area contributed by atoms with Crippen molar-refractivity contribution in [3.05, 3.63) is 0 Å². The van der Waals surface area contributed by atoms with E-state index in [0.717, 1.165) is 47.3 Å². The first-order valence-electron chi connectivity index (χ1n) is 18.9. The Bertz CT molecular complexity index is 1010. The molecule has 8 unspecified atom stereocenters. The number of hydrogen-bond acceptors (Lipinski definition) is 14. The fourth-order valence-corrected chi connectivity index (χ4v) is 12.0. The molecule has 0 aromatic rings. The molecule has 4 saturated carbocycles. The first-order valence-corrected chi connectivity index (χ1v) is 21.0. The van der Waals surface area contributed by atoms with E-state index in [4.69, 9.17) is 25.9 Å². The minimum absolute atomic E-state index is 0. The van der Waals surface area contributed by atoms with E-state index < -0.39 is 22.0 Å². The smallest absolute Gasteiger partial charge is 0.439 e. The van der Waals surface area contributed by atoms with Crippen molar-refractivity contribution in [2.75, 3.05) is 0 Å². The van der Waals surface area contributed by atoms with Crippen LogP contribution in [0.5, 0.6) is 0 Å². The van der Waals surface area contributed by atoms with Gasteiger partial charge in [-0.05, 0) is 98.7 Å². The maximum Gasteiger partial charge on any atom is 2.00 e. The van der Waals surface area contributed by atoms with Gasteiger partial charge in [-0.3, -0.25) is 42.5 Å². The Labute approximate surface area is 305 Å². The maximum atomic E-state index is 8.56. The van der Waals surface area contributed by atoms with Crippen molar-refractivity contribution in [3.8, 4) is 0 Å². The third-order valence-electron chi connectivity index (χ3n) is 13.8. The molecular weight excluding hydrogens is 715 g/mol. The molecule has 49 heavy (non-hydrogen) atoms. The van der Waals surface area contributed by atoms with Crippen molar-refractivity contribution >= 4 is 22.0 Å². The van der Waals surface area contributed by atoms with Gasteiger partial charge in [0, 0.05) is 22.0 Å². The summed E-state index contributed by atoms with van der Waals surface area (Å²) in [5, 5.41) is 33.8. The monoisotopic (exact) mass is 773 g/mol. The van der Waals surface area contributed by atoms with E-state index in [1.807, 2.05) is 0 Å². The van der Waals surface area contributed by atoms with E-state index in [-0.39, 0.29) is 16.8 Å². The van der Waals surface area contributed by atoms with Crippen molar-refractivity contribution in [2.45, 2.75) is 152 Å². The average Bonchev–Trinajstić information content (AvgIpc) is 3.80. The summed E-state index contributed by atoms with van der Waals surface area (Å²) in [5.41, 5.74) is 0. The molecule has 0 aromatic heterocycles. The zero-order valence-electron chi connectivity index (χ0n) is 28.2. The first kappa shape index (κ1) is 38.7. The maximum absolute atomic E-state index is 8.56. The van der Waals surface area contributed by atoms with Crippen molar-refractivity contribution in [1.29, 1.82) is 0 Å². The summed E-state index contributed by atoms with van der Waals surface area (Å²) in [6, 6.07) is 0. The molecule has 9 rings (SSSR count). The van der Waals surface area contributed by atoms with E-state index in [0.29, 0.717) is 49.3 Å². The van der Waals surface area contributed by atoms with Crippen molar-refractivity contribution in [1.82, 2.24) is 42.5 Å². The molecule has 5 aliphatic heterocycles. The Kier molecular flexibility index (Phi) is 13.8. The molecular formula is C32H58CoN8O6S2. The summed E-state index contributed by atoms with van der Waals surface area (Å²) < 4.78 is 48.2. The second-order valence-electron chi connectivity index (χ2n) is 16.0. The minimum Gasteiger partial charge on any atom is -0.439 e. The minimum atomic E-state index is -2.86. The van der Waals surface area contributed by atoms with Crippen LogP contribution in [0.4, 0.5) is 0 Å². The number of nitrogens with one attached hydrogen (secondary N) is 8. The quantitative estimate of drug-likeness (QED) is 0.0974. The Balaban J connectivity index is 0.000000422. The van der Waals surface area contributed by atoms with Gasteiger partial charge >= 0.3 is 16.8 Å². The molecule has 17 heteroatoms. The standard InChI is InChI=1S/C32H56N8.Co.2HO3S/c1-2-10-18-17(9-1)25-33-26(18)38-28-21-13-5-6-14-22(21)30(35-28)40-32-24-16-8-7-15-23(24)31(36-32)39-29-20-12-4-3-11-19(20)27(34-29)37-25;;2*1-4(2)3/h17-40H,1-16H2;;2*(H,1,2,3)/q;+2;2*-1. The van der Waals surface area contributed by atoms with E-state index >= 15 is 0 Å². The van der Waals surface area contributed by atoms with Gasteiger partial charge in [0.25, 0.3) is 0 Å². The van der Waals surface area contributed by atoms with E-state index in [2.05, 4.69) is 42.5 Å². The summed E-state index contributed by atoms with van der Waals surface area (Å²) in [4.78, 5) is 0. The van der Waals surface area contributed by atoms with Gasteiger partial charge in [-0.25, -0.2) is 0 Å². The SMILES string of the molecule is C1CCC2C3NC(NC4NC(NC5NC(NC6NC(N3)C3CCCCC63)C3CCCCC53)C3CCCCC43)C2C1.O=[S-](=O)O.O=[S-](=O)O.[Co+2]. The van der Waals surface area contributed by atoms with Crippen LogP contribution in [-0.2, 0) is 55.6 Å². The topological polar surface area (TPSA) is 205 Å². The van der Waals surface area contributed by atoms with Gasteiger partial charge in [0.05, 0.1) is 49.3 Å². The molecule has 0 spiro atoms. The molecule has 14 nitrogen and oxygen atoms in total. The normalized spacial score (nSPS) is 48.4. The number of fused-ring (bicyclic) bond motifs is 20. The van der Waals surface area contributed by atoms with Crippen LogP contribution in [0.15, 0.2) is 0 Å². The summed E-state index contributed by atoms with van der Waals surface area (Å²) in [6.07, 6.45) is 25.6. The fourth-order valence-electron chi connectivity index (χ4n) is 12.0. The molecule has 9 aliphatic rings. The van der Waals surface area contributed by atoms with Crippen LogP contribution in [0.3, 0.4) is 0 Å². The van der Waals surface area contributed by atoms with E-state index in [9.17, 15) is 0 Å². The molecule has 8 atom stereocenters. The van der Waals surface area contributed by atoms with Gasteiger partial charge in [-0.15, -0.1) is 0 Å². The van der Waals surface area contributed by atoms with Crippen molar-refractivity contribution in [3.63, 3.8) is 0 Å². The Morgan fingerprint density at radius 3 is 0.510 bits per heavy atom. The van der Waals surface area contributed by atoms with Gasteiger partial charge < -0.3 is 25.9 Å². The van der Waals surface area contributed by atoms with Crippen LogP contribution in [0, 0.1) is 47.3 Å². The van der Waals surface area contributed by atoms with Gasteiger partial charge in [0.1, 0.15) is 0 Å². The summed E-state index contributed by atoms with van der Waals surface area (Å²) in [5.74, 6) is 5.97. The van der Waals surface area contributed by atoms with Gasteiger partial charge in [-0.2, -0.15) is 0 Å². The third kappa shape index (κ3) is 8.71. The zero-order valence-corrected chi connectivity index (χ0v) is 30.9. The Morgan fingerprint density at radius 2 is 0.408 bits per heavy atom. The summed E-state index contributed by atoms with van der Waals surface area (Å²) in [6.45, 7) is 0.